The molecule has 0 radical (unpaired) electrons. The van der Waals surface area contributed by atoms with Crippen molar-refractivity contribution in [2.24, 2.45) is 5.41 Å². The van der Waals surface area contributed by atoms with E-state index < -0.39 is 0 Å². The Morgan fingerprint density at radius 3 is 2.13 bits per heavy atom. The van der Waals surface area contributed by atoms with Gasteiger partial charge < -0.3 is 4.90 Å². The zero-order valence-electron chi connectivity index (χ0n) is 11.1. The van der Waals surface area contributed by atoms with Crippen molar-refractivity contribution in [3.8, 4) is 0 Å². The summed E-state index contributed by atoms with van der Waals surface area (Å²) in [5, 5.41) is 0. The molecule has 0 saturated carbocycles. The molecule has 0 amide bonds. The van der Waals surface area contributed by atoms with Crippen LogP contribution in [-0.4, -0.2) is 30.3 Å². The van der Waals surface area contributed by atoms with Crippen molar-refractivity contribution in [3.05, 3.63) is 0 Å². The Labute approximate surface area is 95.0 Å². The molecule has 0 aliphatic rings. The number of Topliss-reactive ketones (excluding diaryl/α,β-unsaturated/α-hetero) is 1. The van der Waals surface area contributed by atoms with E-state index >= 15 is 0 Å². The van der Waals surface area contributed by atoms with Crippen LogP contribution in [0.3, 0.4) is 0 Å². The summed E-state index contributed by atoms with van der Waals surface area (Å²) in [5.74, 6) is 0.373. The lowest BCUT2D eigenvalue weighted by Gasteiger charge is -2.22. The van der Waals surface area contributed by atoms with E-state index in [1.807, 2.05) is 20.8 Å². The first-order valence-corrected chi connectivity index (χ1v) is 6.17. The van der Waals surface area contributed by atoms with Crippen LogP contribution in [-0.2, 0) is 4.79 Å². The van der Waals surface area contributed by atoms with Crippen LogP contribution in [0.1, 0.15) is 53.9 Å². The highest BCUT2D eigenvalue weighted by Gasteiger charge is 2.20. The zero-order chi connectivity index (χ0) is 11.9. The Kier molecular flexibility index (Phi) is 6.82. The third-order valence-corrected chi connectivity index (χ3v) is 2.77. The topological polar surface area (TPSA) is 20.3 Å². The van der Waals surface area contributed by atoms with E-state index in [-0.39, 0.29) is 5.41 Å². The first kappa shape index (κ1) is 14.6. The van der Waals surface area contributed by atoms with Gasteiger partial charge in [-0.05, 0) is 19.5 Å². The van der Waals surface area contributed by atoms with Crippen LogP contribution in [0.5, 0.6) is 0 Å². The van der Waals surface area contributed by atoms with Gasteiger partial charge in [0.15, 0.2) is 0 Å². The molecule has 0 aliphatic carbocycles. The molecule has 0 unspecified atom stereocenters. The number of hydrogen-bond donors (Lipinski definition) is 0. The summed E-state index contributed by atoms with van der Waals surface area (Å²) in [6.07, 6.45) is 3.16. The van der Waals surface area contributed by atoms with Gasteiger partial charge in [0.05, 0.1) is 0 Å². The first-order valence-electron chi connectivity index (χ1n) is 6.17. The molecule has 0 aromatic rings. The van der Waals surface area contributed by atoms with Gasteiger partial charge in [0.2, 0.25) is 0 Å². The van der Waals surface area contributed by atoms with E-state index in [9.17, 15) is 4.79 Å². The molecule has 2 heteroatoms. The molecule has 0 aliphatic heterocycles. The van der Waals surface area contributed by atoms with E-state index in [0.29, 0.717) is 12.2 Å². The minimum absolute atomic E-state index is 0.176. The van der Waals surface area contributed by atoms with E-state index in [1.165, 1.54) is 12.8 Å². The largest absolute Gasteiger partial charge is 0.303 e. The van der Waals surface area contributed by atoms with Crippen molar-refractivity contribution in [1.82, 2.24) is 4.90 Å². The molecule has 2 nitrogen and oxygen atoms in total. The van der Waals surface area contributed by atoms with E-state index in [1.54, 1.807) is 0 Å². The molecule has 0 aromatic heterocycles. The first-order chi connectivity index (χ1) is 6.91. The Bertz CT molecular complexity index is 181. The van der Waals surface area contributed by atoms with Crippen LogP contribution in [0.4, 0.5) is 0 Å². The van der Waals surface area contributed by atoms with Crippen LogP contribution < -0.4 is 0 Å². The van der Waals surface area contributed by atoms with Crippen molar-refractivity contribution in [1.29, 1.82) is 0 Å². The van der Waals surface area contributed by atoms with Crippen molar-refractivity contribution >= 4 is 5.78 Å². The van der Waals surface area contributed by atoms with Crippen LogP contribution >= 0.6 is 0 Å². The maximum Gasteiger partial charge on any atom is 0.139 e. The molecule has 0 atom stereocenters. The highest BCUT2D eigenvalue weighted by Crippen LogP contribution is 2.16. The fourth-order valence-electron chi connectivity index (χ4n) is 1.44. The average Bonchev–Trinajstić information content (AvgIpc) is 2.16. The summed E-state index contributed by atoms with van der Waals surface area (Å²) in [6.45, 7) is 13.5. The SMILES string of the molecule is CCCCN(CC)CCC(=O)C(C)(C)C. The molecule has 0 N–H and O–H groups in total. The smallest absolute Gasteiger partial charge is 0.139 e. The second-order valence-electron chi connectivity index (χ2n) is 5.21. The van der Waals surface area contributed by atoms with Gasteiger partial charge in [0.1, 0.15) is 5.78 Å². The number of carbonyl (C=O) groups excluding carboxylic acids is 1. The third-order valence-electron chi connectivity index (χ3n) is 2.77. The number of rotatable bonds is 7. The molecule has 0 fully saturated rings. The Hall–Kier alpha value is -0.370. The van der Waals surface area contributed by atoms with Crippen molar-refractivity contribution in [2.75, 3.05) is 19.6 Å². The van der Waals surface area contributed by atoms with Crippen molar-refractivity contribution in [3.63, 3.8) is 0 Å². The maximum absolute atomic E-state index is 11.7. The van der Waals surface area contributed by atoms with Crippen molar-refractivity contribution in [2.45, 2.75) is 53.9 Å². The fourth-order valence-corrected chi connectivity index (χ4v) is 1.44. The summed E-state index contributed by atoms with van der Waals surface area (Å²) in [7, 11) is 0. The molecule has 0 heterocycles. The van der Waals surface area contributed by atoms with Gasteiger partial charge in [-0.1, -0.05) is 41.0 Å². The molecular formula is C13H27NO. The van der Waals surface area contributed by atoms with Crippen LogP contribution in [0.15, 0.2) is 0 Å². The van der Waals surface area contributed by atoms with E-state index in [2.05, 4.69) is 18.7 Å². The van der Waals surface area contributed by atoms with Gasteiger partial charge in [-0.3, -0.25) is 4.79 Å². The Morgan fingerprint density at radius 1 is 1.13 bits per heavy atom. The second kappa shape index (κ2) is 7.00. The average molecular weight is 213 g/mol. The minimum atomic E-state index is -0.176. The molecule has 0 aromatic carbocycles. The summed E-state index contributed by atoms with van der Waals surface area (Å²) < 4.78 is 0. The maximum atomic E-state index is 11.7. The number of ketones is 1. The summed E-state index contributed by atoms with van der Waals surface area (Å²) >= 11 is 0. The fraction of sp³-hybridized carbons (Fsp3) is 0.923. The highest BCUT2D eigenvalue weighted by atomic mass is 16.1. The van der Waals surface area contributed by atoms with Crippen LogP contribution in [0, 0.1) is 5.41 Å². The van der Waals surface area contributed by atoms with E-state index in [4.69, 9.17) is 0 Å². The lowest BCUT2D eigenvalue weighted by molar-refractivity contribution is -0.126. The van der Waals surface area contributed by atoms with Gasteiger partial charge in [-0.2, -0.15) is 0 Å². The lowest BCUT2D eigenvalue weighted by Crippen LogP contribution is -2.30. The van der Waals surface area contributed by atoms with Crippen molar-refractivity contribution < 1.29 is 4.79 Å². The van der Waals surface area contributed by atoms with Gasteiger partial charge in [0, 0.05) is 18.4 Å². The number of unbranched alkanes of at least 4 members (excludes halogenated alkanes) is 1. The summed E-state index contributed by atoms with van der Waals surface area (Å²) in [5.41, 5.74) is -0.176. The van der Waals surface area contributed by atoms with Gasteiger partial charge >= 0.3 is 0 Å². The Morgan fingerprint density at radius 2 is 1.73 bits per heavy atom. The Balaban J connectivity index is 3.85. The quantitative estimate of drug-likeness (QED) is 0.647. The highest BCUT2D eigenvalue weighted by molar-refractivity contribution is 5.83. The molecule has 15 heavy (non-hydrogen) atoms. The number of hydrogen-bond acceptors (Lipinski definition) is 2. The standard InChI is InChI=1S/C13H27NO/c1-6-8-10-14(7-2)11-9-12(15)13(3,4)5/h6-11H2,1-5H3. The van der Waals surface area contributed by atoms with E-state index in [0.717, 1.165) is 19.6 Å². The molecule has 0 spiro atoms. The van der Waals surface area contributed by atoms with Crippen LogP contribution in [0.2, 0.25) is 0 Å². The molecule has 0 rings (SSSR count). The zero-order valence-corrected chi connectivity index (χ0v) is 11.1. The molecule has 0 bridgehead atoms. The summed E-state index contributed by atoms with van der Waals surface area (Å²) in [4.78, 5) is 14.1. The van der Waals surface area contributed by atoms with Gasteiger partial charge in [0.25, 0.3) is 0 Å². The summed E-state index contributed by atoms with van der Waals surface area (Å²) in [6, 6.07) is 0. The number of carbonyl (C=O) groups is 1. The van der Waals surface area contributed by atoms with Crippen LogP contribution in [0.25, 0.3) is 0 Å². The number of nitrogens with zero attached hydrogens (tertiary/aromatic N) is 1. The minimum Gasteiger partial charge on any atom is -0.303 e. The lowest BCUT2D eigenvalue weighted by atomic mass is 9.89. The predicted molar refractivity (Wildman–Crippen MR) is 66.1 cm³/mol. The van der Waals surface area contributed by atoms with Gasteiger partial charge in [-0.15, -0.1) is 0 Å². The molecule has 0 saturated heterocycles. The van der Waals surface area contributed by atoms with Gasteiger partial charge in [-0.25, -0.2) is 0 Å². The molecular weight excluding hydrogens is 186 g/mol. The molecule has 90 valence electrons. The third kappa shape index (κ3) is 6.67. The second-order valence-corrected chi connectivity index (χ2v) is 5.21. The normalized spacial score (nSPS) is 12.1. The monoisotopic (exact) mass is 213 g/mol. The predicted octanol–water partition coefficient (Wildman–Crippen LogP) is 3.11.